The molecule has 0 atom stereocenters. The number of fused-ring (bicyclic) bond motifs is 1. The summed E-state index contributed by atoms with van der Waals surface area (Å²) in [6.07, 6.45) is 8.59. The van der Waals surface area contributed by atoms with E-state index in [2.05, 4.69) is 25.5 Å². The maximum atomic E-state index is 13.5. The van der Waals surface area contributed by atoms with Gasteiger partial charge in [0.15, 0.2) is 0 Å². The van der Waals surface area contributed by atoms with Crippen LogP contribution in [0.5, 0.6) is 5.75 Å². The summed E-state index contributed by atoms with van der Waals surface area (Å²) in [5.41, 5.74) is 1.32. The van der Waals surface area contributed by atoms with Crippen LogP contribution in [-0.2, 0) is 14.8 Å². The summed E-state index contributed by atoms with van der Waals surface area (Å²) < 4.78 is 39.7. The largest absolute Gasteiger partial charge is 0.495 e. The number of morpholine rings is 1. The predicted molar refractivity (Wildman–Crippen MR) is 155 cm³/mol. The molecule has 3 aliphatic rings. The molecule has 0 amide bonds. The van der Waals surface area contributed by atoms with Crippen LogP contribution in [0.4, 0.5) is 17.5 Å². The van der Waals surface area contributed by atoms with E-state index in [1.807, 2.05) is 12.3 Å². The second kappa shape index (κ2) is 11.9. The molecule has 2 aromatic heterocycles. The molecular formula is C28H39N7O4S. The molecule has 1 aliphatic carbocycles. The number of aromatic nitrogens is 3. The van der Waals surface area contributed by atoms with Crippen molar-refractivity contribution >= 4 is 38.5 Å². The highest BCUT2D eigenvalue weighted by molar-refractivity contribution is 7.89. The molecule has 0 spiro atoms. The molecule has 2 aliphatic heterocycles. The van der Waals surface area contributed by atoms with Crippen LogP contribution in [0.3, 0.4) is 0 Å². The Morgan fingerprint density at radius 2 is 1.82 bits per heavy atom. The van der Waals surface area contributed by atoms with Gasteiger partial charge in [-0.15, -0.1) is 0 Å². The lowest BCUT2D eigenvalue weighted by Crippen LogP contribution is -2.50. The molecule has 6 rings (SSSR count). The Kier molecular flexibility index (Phi) is 8.10. The van der Waals surface area contributed by atoms with Crippen LogP contribution >= 0.6 is 0 Å². The molecule has 3 aromatic rings. The number of benzene rings is 1. The van der Waals surface area contributed by atoms with Crippen molar-refractivity contribution in [2.75, 3.05) is 63.7 Å². The van der Waals surface area contributed by atoms with Gasteiger partial charge >= 0.3 is 0 Å². The van der Waals surface area contributed by atoms with E-state index in [9.17, 15) is 8.42 Å². The third-order valence-electron chi connectivity index (χ3n) is 8.49. The number of nitrogens with zero attached hydrogens (tertiary/aromatic N) is 4. The first-order valence-corrected chi connectivity index (χ1v) is 15.8. The highest BCUT2D eigenvalue weighted by Crippen LogP contribution is 2.33. The van der Waals surface area contributed by atoms with E-state index in [0.717, 1.165) is 62.5 Å². The average molecular weight is 570 g/mol. The van der Waals surface area contributed by atoms with Crippen molar-refractivity contribution in [3.63, 3.8) is 0 Å². The summed E-state index contributed by atoms with van der Waals surface area (Å²) in [5.74, 6) is 2.27. The maximum Gasteiger partial charge on any atom is 0.243 e. The normalized spacial score (nSPS) is 20.2. The lowest BCUT2D eigenvalue weighted by molar-refractivity contribution is 0.00610. The molecule has 0 unspecified atom stereocenters. The van der Waals surface area contributed by atoms with Gasteiger partial charge in [0.25, 0.3) is 0 Å². The summed E-state index contributed by atoms with van der Waals surface area (Å²) in [7, 11) is -2.11. The standard InChI is InChI=1S/C28H39N7O4S/c1-38-25-18-22(40(36,37)35-12-9-21(10-13-35)34-14-16-39-17-15-34)6-7-24(25)31-28-32-26-23(8-11-29-26)27(33-28)30-19-20-4-2-3-5-20/h6-8,11,18,20-21H,2-5,9-10,12-17,19H2,1H3,(H3,29,30,31,32,33). The van der Waals surface area contributed by atoms with Gasteiger partial charge in [-0.3, -0.25) is 4.90 Å². The molecule has 2 saturated heterocycles. The number of sulfonamides is 1. The van der Waals surface area contributed by atoms with Crippen molar-refractivity contribution in [3.8, 4) is 5.75 Å². The number of rotatable bonds is 9. The lowest BCUT2D eigenvalue weighted by Gasteiger charge is -2.39. The van der Waals surface area contributed by atoms with Crippen LogP contribution in [-0.4, -0.2) is 91.7 Å². The van der Waals surface area contributed by atoms with Crippen LogP contribution in [0.25, 0.3) is 11.0 Å². The third kappa shape index (κ3) is 5.76. The number of H-pyrrole nitrogens is 1. The molecule has 3 fully saturated rings. The summed E-state index contributed by atoms with van der Waals surface area (Å²) in [6.45, 7) is 5.24. The average Bonchev–Trinajstić information content (AvgIpc) is 3.69. The van der Waals surface area contributed by atoms with E-state index < -0.39 is 10.0 Å². The predicted octanol–water partition coefficient (Wildman–Crippen LogP) is 3.80. The van der Waals surface area contributed by atoms with Gasteiger partial charge in [0.05, 0.1) is 36.3 Å². The number of hydrogen-bond acceptors (Lipinski definition) is 9. The van der Waals surface area contributed by atoms with Crippen molar-refractivity contribution in [1.29, 1.82) is 0 Å². The highest BCUT2D eigenvalue weighted by atomic mass is 32.2. The van der Waals surface area contributed by atoms with E-state index in [-0.39, 0.29) is 4.90 Å². The van der Waals surface area contributed by atoms with Gasteiger partial charge < -0.3 is 25.1 Å². The molecule has 3 N–H and O–H groups in total. The molecule has 4 heterocycles. The number of hydrogen-bond donors (Lipinski definition) is 3. The van der Waals surface area contributed by atoms with Crippen LogP contribution in [0.1, 0.15) is 38.5 Å². The molecule has 11 nitrogen and oxygen atoms in total. The topological polar surface area (TPSA) is 125 Å². The van der Waals surface area contributed by atoms with E-state index >= 15 is 0 Å². The first-order chi connectivity index (χ1) is 19.5. The first-order valence-electron chi connectivity index (χ1n) is 14.4. The quantitative estimate of drug-likeness (QED) is 0.353. The molecule has 1 aromatic carbocycles. The molecule has 216 valence electrons. The van der Waals surface area contributed by atoms with Crippen molar-refractivity contribution in [3.05, 3.63) is 30.5 Å². The molecular weight excluding hydrogens is 530 g/mol. The third-order valence-corrected chi connectivity index (χ3v) is 10.4. The summed E-state index contributed by atoms with van der Waals surface area (Å²) >= 11 is 0. The van der Waals surface area contributed by atoms with Gasteiger partial charge in [0, 0.05) is 51.0 Å². The van der Waals surface area contributed by atoms with E-state index in [1.54, 1.807) is 22.5 Å². The van der Waals surface area contributed by atoms with E-state index in [1.165, 1.54) is 32.8 Å². The zero-order valence-corrected chi connectivity index (χ0v) is 23.9. The molecule has 40 heavy (non-hydrogen) atoms. The van der Waals surface area contributed by atoms with Crippen molar-refractivity contribution in [2.24, 2.45) is 5.92 Å². The second-order valence-corrected chi connectivity index (χ2v) is 12.9. The van der Waals surface area contributed by atoms with Gasteiger partial charge in [-0.1, -0.05) is 12.8 Å². The van der Waals surface area contributed by atoms with Crippen molar-refractivity contribution in [2.45, 2.75) is 49.5 Å². The number of ether oxygens (including phenoxy) is 2. The molecule has 0 radical (unpaired) electrons. The lowest BCUT2D eigenvalue weighted by atomic mass is 10.0. The van der Waals surface area contributed by atoms with E-state index in [4.69, 9.17) is 14.5 Å². The fourth-order valence-corrected chi connectivity index (χ4v) is 7.67. The minimum Gasteiger partial charge on any atom is -0.495 e. The van der Waals surface area contributed by atoms with Crippen LogP contribution in [0.2, 0.25) is 0 Å². The van der Waals surface area contributed by atoms with Crippen LogP contribution < -0.4 is 15.4 Å². The number of piperidine rings is 1. The van der Waals surface area contributed by atoms with Gasteiger partial charge in [-0.05, 0) is 49.8 Å². The minimum absolute atomic E-state index is 0.222. The van der Waals surface area contributed by atoms with E-state index in [0.29, 0.717) is 42.4 Å². The zero-order chi connectivity index (χ0) is 27.5. The smallest absolute Gasteiger partial charge is 0.243 e. The van der Waals surface area contributed by atoms with Crippen LogP contribution in [0.15, 0.2) is 35.4 Å². The van der Waals surface area contributed by atoms with Gasteiger partial charge in [-0.2, -0.15) is 14.3 Å². The Morgan fingerprint density at radius 3 is 2.58 bits per heavy atom. The fraction of sp³-hybridized carbons (Fsp3) is 0.571. The monoisotopic (exact) mass is 569 g/mol. The number of aromatic amines is 1. The Morgan fingerprint density at radius 1 is 1.05 bits per heavy atom. The highest BCUT2D eigenvalue weighted by Gasteiger charge is 2.32. The maximum absolute atomic E-state index is 13.5. The molecule has 0 bridgehead atoms. The Balaban J connectivity index is 1.16. The summed E-state index contributed by atoms with van der Waals surface area (Å²) in [5, 5.41) is 7.71. The van der Waals surface area contributed by atoms with Crippen LogP contribution in [0, 0.1) is 5.92 Å². The minimum atomic E-state index is -3.65. The molecule has 1 saturated carbocycles. The Bertz CT molecular complexity index is 1410. The van der Waals surface area contributed by atoms with Crippen molar-refractivity contribution < 1.29 is 17.9 Å². The molecule has 12 heteroatoms. The zero-order valence-electron chi connectivity index (χ0n) is 23.1. The summed E-state index contributed by atoms with van der Waals surface area (Å²) in [6, 6.07) is 7.31. The SMILES string of the molecule is COc1cc(S(=O)(=O)N2CCC(N3CCOCC3)CC2)ccc1Nc1nc(NCC2CCCC2)c2cc[nH]c2n1. The number of anilines is 3. The Labute approximate surface area is 235 Å². The number of methoxy groups -OCH3 is 1. The fourth-order valence-electron chi connectivity index (χ4n) is 6.18. The van der Waals surface area contributed by atoms with Gasteiger partial charge in [0.1, 0.15) is 17.2 Å². The second-order valence-electron chi connectivity index (χ2n) is 10.9. The number of nitrogens with one attached hydrogen (secondary N) is 3. The first kappa shape index (κ1) is 27.3. The Hall–Kier alpha value is -2.93. The van der Waals surface area contributed by atoms with Gasteiger partial charge in [-0.25, -0.2) is 8.42 Å². The van der Waals surface area contributed by atoms with Crippen molar-refractivity contribution in [1.82, 2.24) is 24.2 Å². The van der Waals surface area contributed by atoms with Gasteiger partial charge in [0.2, 0.25) is 16.0 Å². The summed E-state index contributed by atoms with van der Waals surface area (Å²) in [4.78, 5) is 15.2.